The van der Waals surface area contributed by atoms with Crippen molar-refractivity contribution < 1.29 is 0 Å². The van der Waals surface area contributed by atoms with Crippen LogP contribution >= 0.6 is 11.3 Å². The van der Waals surface area contributed by atoms with Crippen molar-refractivity contribution in [2.45, 2.75) is 6.54 Å². The molecule has 3 heteroatoms. The number of anilines is 4. The molecule has 0 saturated carbocycles. The summed E-state index contributed by atoms with van der Waals surface area (Å²) in [7, 11) is 2.16. The SMILES string of the molecule is CN(Cc1ccccc1)c1ccc2c(c1)sc1cc(N(c3ccccc3)c3ccccc3)ccc12. The van der Waals surface area contributed by atoms with Gasteiger partial charge in [-0.2, -0.15) is 0 Å². The minimum Gasteiger partial charge on any atom is -0.370 e. The Morgan fingerprint density at radius 3 is 1.57 bits per heavy atom. The molecule has 0 saturated heterocycles. The van der Waals surface area contributed by atoms with E-state index in [9.17, 15) is 0 Å². The average Bonchev–Trinajstić information content (AvgIpc) is 3.28. The van der Waals surface area contributed by atoms with Gasteiger partial charge < -0.3 is 9.80 Å². The molecule has 170 valence electrons. The van der Waals surface area contributed by atoms with E-state index in [1.807, 2.05) is 11.3 Å². The van der Waals surface area contributed by atoms with Gasteiger partial charge in [0.15, 0.2) is 0 Å². The Balaban J connectivity index is 1.39. The molecule has 6 aromatic rings. The van der Waals surface area contributed by atoms with Crippen LogP contribution in [0.1, 0.15) is 5.56 Å². The summed E-state index contributed by atoms with van der Waals surface area (Å²) < 4.78 is 2.62. The molecule has 1 heterocycles. The van der Waals surface area contributed by atoms with Crippen molar-refractivity contribution in [3.05, 3.63) is 133 Å². The quantitative estimate of drug-likeness (QED) is 0.239. The number of benzene rings is 5. The van der Waals surface area contributed by atoms with E-state index in [4.69, 9.17) is 0 Å². The molecule has 1 aromatic heterocycles. The first-order valence-electron chi connectivity index (χ1n) is 11.9. The van der Waals surface area contributed by atoms with E-state index in [0.29, 0.717) is 0 Å². The second-order valence-corrected chi connectivity index (χ2v) is 9.89. The predicted molar refractivity (Wildman–Crippen MR) is 153 cm³/mol. The van der Waals surface area contributed by atoms with Crippen LogP contribution in [-0.4, -0.2) is 7.05 Å². The molecule has 0 aliphatic rings. The average molecular weight is 471 g/mol. The number of hydrogen-bond donors (Lipinski definition) is 0. The number of para-hydroxylation sites is 2. The van der Waals surface area contributed by atoms with E-state index >= 15 is 0 Å². The summed E-state index contributed by atoms with van der Waals surface area (Å²) >= 11 is 1.87. The first-order valence-corrected chi connectivity index (χ1v) is 12.7. The molecule has 0 fully saturated rings. The lowest BCUT2D eigenvalue weighted by Crippen LogP contribution is -2.15. The normalized spacial score (nSPS) is 11.1. The van der Waals surface area contributed by atoms with Gasteiger partial charge >= 0.3 is 0 Å². The summed E-state index contributed by atoms with van der Waals surface area (Å²) in [6.07, 6.45) is 0. The summed E-state index contributed by atoms with van der Waals surface area (Å²) in [4.78, 5) is 4.64. The highest BCUT2D eigenvalue weighted by molar-refractivity contribution is 7.25. The lowest BCUT2D eigenvalue weighted by atomic mass is 10.1. The summed E-state index contributed by atoms with van der Waals surface area (Å²) in [5.74, 6) is 0. The Morgan fingerprint density at radius 1 is 0.514 bits per heavy atom. The number of nitrogens with zero attached hydrogens (tertiary/aromatic N) is 2. The summed E-state index contributed by atoms with van der Waals surface area (Å²) in [5.41, 5.74) is 6.04. The highest BCUT2D eigenvalue weighted by atomic mass is 32.1. The van der Waals surface area contributed by atoms with Crippen LogP contribution in [0.5, 0.6) is 0 Å². The summed E-state index contributed by atoms with van der Waals surface area (Å²) in [6.45, 7) is 0.893. The first kappa shape index (κ1) is 21.5. The third kappa shape index (κ3) is 4.27. The molecule has 2 nitrogen and oxygen atoms in total. The van der Waals surface area contributed by atoms with Gasteiger partial charge in [-0.15, -0.1) is 11.3 Å². The number of rotatable bonds is 6. The van der Waals surface area contributed by atoms with Crippen LogP contribution < -0.4 is 9.80 Å². The van der Waals surface area contributed by atoms with Crippen LogP contribution in [0.4, 0.5) is 22.7 Å². The highest BCUT2D eigenvalue weighted by Gasteiger charge is 2.14. The maximum absolute atomic E-state index is 2.33. The maximum atomic E-state index is 2.33. The zero-order chi connectivity index (χ0) is 23.6. The van der Waals surface area contributed by atoms with Gasteiger partial charge in [0.2, 0.25) is 0 Å². The minimum atomic E-state index is 0.893. The van der Waals surface area contributed by atoms with Crippen LogP contribution in [0.15, 0.2) is 127 Å². The van der Waals surface area contributed by atoms with Crippen molar-refractivity contribution in [2.24, 2.45) is 0 Å². The fourth-order valence-electron chi connectivity index (χ4n) is 4.68. The van der Waals surface area contributed by atoms with E-state index in [1.165, 1.54) is 37.1 Å². The summed E-state index contributed by atoms with van der Waals surface area (Å²) in [6, 6.07) is 45.5. The Morgan fingerprint density at radius 2 is 1.00 bits per heavy atom. The second kappa shape index (κ2) is 9.28. The molecule has 5 aromatic carbocycles. The van der Waals surface area contributed by atoms with Gasteiger partial charge in [-0.1, -0.05) is 78.9 Å². The second-order valence-electron chi connectivity index (χ2n) is 8.81. The molecule has 0 spiro atoms. The number of hydrogen-bond acceptors (Lipinski definition) is 3. The Bertz CT molecular complexity index is 1530. The largest absolute Gasteiger partial charge is 0.370 e. The minimum absolute atomic E-state index is 0.893. The topological polar surface area (TPSA) is 6.48 Å². The van der Waals surface area contributed by atoms with Gasteiger partial charge in [0.1, 0.15) is 0 Å². The third-order valence-corrected chi connectivity index (χ3v) is 7.55. The molecule has 0 unspecified atom stereocenters. The Hall–Kier alpha value is -4.08. The van der Waals surface area contributed by atoms with Gasteiger partial charge in [-0.3, -0.25) is 0 Å². The van der Waals surface area contributed by atoms with Gasteiger partial charge in [0.25, 0.3) is 0 Å². The lowest BCUT2D eigenvalue weighted by Gasteiger charge is -2.25. The highest BCUT2D eigenvalue weighted by Crippen LogP contribution is 2.41. The zero-order valence-electron chi connectivity index (χ0n) is 19.6. The van der Waals surface area contributed by atoms with E-state index in [0.717, 1.165) is 17.9 Å². The molecule has 0 atom stereocenters. The van der Waals surface area contributed by atoms with Crippen molar-refractivity contribution in [1.82, 2.24) is 0 Å². The van der Waals surface area contributed by atoms with Crippen molar-refractivity contribution in [3.8, 4) is 0 Å². The van der Waals surface area contributed by atoms with Crippen molar-refractivity contribution in [1.29, 1.82) is 0 Å². The standard InChI is InChI=1S/C32H26N2S/c1-33(23-24-11-5-2-6-12-24)27-17-19-29-30-20-18-28(22-32(30)35-31(29)21-27)34(25-13-7-3-8-14-25)26-15-9-4-10-16-26/h2-22H,23H2,1H3. The van der Waals surface area contributed by atoms with E-state index in [2.05, 4.69) is 144 Å². The molecule has 0 amide bonds. The van der Waals surface area contributed by atoms with Crippen molar-refractivity contribution >= 4 is 54.3 Å². The molecule has 6 rings (SSSR count). The van der Waals surface area contributed by atoms with Crippen LogP contribution in [0.3, 0.4) is 0 Å². The van der Waals surface area contributed by atoms with Crippen LogP contribution in [-0.2, 0) is 6.54 Å². The lowest BCUT2D eigenvalue weighted by molar-refractivity contribution is 0.924. The van der Waals surface area contributed by atoms with Gasteiger partial charge in [-0.05, 0) is 54.1 Å². The molecule has 0 radical (unpaired) electrons. The number of thiophene rings is 1. The molecule has 35 heavy (non-hydrogen) atoms. The van der Waals surface area contributed by atoms with Gasteiger partial charge in [0.05, 0.1) is 0 Å². The van der Waals surface area contributed by atoms with Crippen molar-refractivity contribution in [2.75, 3.05) is 16.8 Å². The molecule has 0 N–H and O–H groups in total. The van der Waals surface area contributed by atoms with Crippen molar-refractivity contribution in [3.63, 3.8) is 0 Å². The summed E-state index contributed by atoms with van der Waals surface area (Å²) in [5, 5.41) is 2.63. The van der Waals surface area contributed by atoms with E-state index in [-0.39, 0.29) is 0 Å². The molecule has 0 aliphatic carbocycles. The molecule has 0 aliphatic heterocycles. The third-order valence-electron chi connectivity index (χ3n) is 6.43. The molecule has 0 bridgehead atoms. The monoisotopic (exact) mass is 470 g/mol. The predicted octanol–water partition coefficient (Wildman–Crippen LogP) is 9.16. The first-order chi connectivity index (χ1) is 17.3. The Labute approximate surface area is 210 Å². The smallest absolute Gasteiger partial charge is 0.0476 e. The number of fused-ring (bicyclic) bond motifs is 3. The molecular formula is C32H26N2S. The molecular weight excluding hydrogens is 444 g/mol. The fraction of sp³-hybridized carbons (Fsp3) is 0.0625. The van der Waals surface area contributed by atoms with Gasteiger partial charge in [0, 0.05) is 56.5 Å². The van der Waals surface area contributed by atoms with Gasteiger partial charge in [-0.25, -0.2) is 0 Å². The van der Waals surface area contributed by atoms with Crippen LogP contribution in [0.25, 0.3) is 20.2 Å². The Kier molecular flexibility index (Phi) is 5.69. The zero-order valence-corrected chi connectivity index (χ0v) is 20.5. The van der Waals surface area contributed by atoms with Crippen LogP contribution in [0, 0.1) is 0 Å². The fourth-order valence-corrected chi connectivity index (χ4v) is 5.85. The van der Waals surface area contributed by atoms with E-state index < -0.39 is 0 Å². The maximum Gasteiger partial charge on any atom is 0.0476 e. The van der Waals surface area contributed by atoms with Crippen LogP contribution in [0.2, 0.25) is 0 Å². The van der Waals surface area contributed by atoms with E-state index in [1.54, 1.807) is 0 Å².